The number of aryl methyl sites for hydroxylation is 1. The zero-order valence-corrected chi connectivity index (χ0v) is 20.1. The number of likely N-dealkylation sites (N-methyl/N-ethyl adjacent to an activating group) is 1. The second-order valence-electron chi connectivity index (χ2n) is 7.27. The Hall–Kier alpha value is -2.82. The van der Waals surface area contributed by atoms with Gasteiger partial charge in [-0.25, -0.2) is 13.2 Å². The first-order valence-corrected chi connectivity index (χ1v) is 11.3. The van der Waals surface area contributed by atoms with Crippen LogP contribution >= 0.6 is 0 Å². The van der Waals surface area contributed by atoms with Gasteiger partial charge in [0.1, 0.15) is 16.4 Å². The Labute approximate surface area is 189 Å². The summed E-state index contributed by atoms with van der Waals surface area (Å²) in [5.41, 5.74) is 0.438. The normalized spacial score (nSPS) is 12.0. The van der Waals surface area contributed by atoms with E-state index in [0.29, 0.717) is 23.6 Å². The Morgan fingerprint density at radius 2 is 1.81 bits per heavy atom. The van der Waals surface area contributed by atoms with Crippen molar-refractivity contribution in [2.45, 2.75) is 18.4 Å². The van der Waals surface area contributed by atoms with Crippen molar-refractivity contribution in [3.05, 3.63) is 47.4 Å². The summed E-state index contributed by atoms with van der Waals surface area (Å²) in [6.07, 6.45) is 2.65. The number of rotatable bonds is 11. The quantitative estimate of drug-likeness (QED) is 0.368. The standard InChI is InChI=1S/C22H30N2O7S/c1-16-7-9-18(31-16)15-24(12-11-23(2)3)32(26,27)20-14-17(8-10-21(25)29-5)13-19(28-4)22(20)30-6/h7-10,13-14H,11-12,15H2,1-6H3/b10-8+. The van der Waals surface area contributed by atoms with Gasteiger partial charge in [-0.2, -0.15) is 4.31 Å². The Kier molecular flexibility index (Phi) is 8.88. The molecule has 0 aliphatic rings. The summed E-state index contributed by atoms with van der Waals surface area (Å²) in [6.45, 7) is 2.58. The van der Waals surface area contributed by atoms with Crippen molar-refractivity contribution >= 4 is 22.1 Å². The summed E-state index contributed by atoms with van der Waals surface area (Å²) in [5.74, 6) is 0.953. The molecule has 0 unspecified atom stereocenters. The summed E-state index contributed by atoms with van der Waals surface area (Å²) in [4.78, 5) is 13.3. The molecule has 1 heterocycles. The number of benzene rings is 1. The van der Waals surface area contributed by atoms with E-state index in [1.165, 1.54) is 43.9 Å². The summed E-state index contributed by atoms with van der Waals surface area (Å²) >= 11 is 0. The molecule has 176 valence electrons. The van der Waals surface area contributed by atoms with Crippen molar-refractivity contribution in [1.29, 1.82) is 0 Å². The van der Waals surface area contributed by atoms with Crippen LogP contribution in [0.4, 0.5) is 0 Å². The van der Waals surface area contributed by atoms with Gasteiger partial charge >= 0.3 is 5.97 Å². The number of nitrogens with zero attached hydrogens (tertiary/aromatic N) is 2. The van der Waals surface area contributed by atoms with Gasteiger partial charge in [-0.05, 0) is 56.9 Å². The van der Waals surface area contributed by atoms with Gasteiger partial charge in [0.2, 0.25) is 10.0 Å². The van der Waals surface area contributed by atoms with Crippen LogP contribution in [0.2, 0.25) is 0 Å². The third-order valence-corrected chi connectivity index (χ3v) is 6.47. The van der Waals surface area contributed by atoms with Crippen LogP contribution in [0.3, 0.4) is 0 Å². The summed E-state index contributed by atoms with van der Waals surface area (Å²) in [5, 5.41) is 0. The van der Waals surface area contributed by atoms with Crippen LogP contribution in [0.25, 0.3) is 6.08 Å². The van der Waals surface area contributed by atoms with E-state index >= 15 is 0 Å². The second-order valence-corrected chi connectivity index (χ2v) is 9.17. The highest BCUT2D eigenvalue weighted by Crippen LogP contribution is 2.38. The highest BCUT2D eigenvalue weighted by molar-refractivity contribution is 7.89. The van der Waals surface area contributed by atoms with Crippen LogP contribution in [-0.4, -0.2) is 72.1 Å². The number of methoxy groups -OCH3 is 3. The minimum absolute atomic E-state index is 0.0533. The molecule has 0 radical (unpaired) electrons. The lowest BCUT2D eigenvalue weighted by Crippen LogP contribution is -2.36. The van der Waals surface area contributed by atoms with Crippen molar-refractivity contribution < 1.29 is 31.8 Å². The molecular formula is C22H30N2O7S. The maximum Gasteiger partial charge on any atom is 0.330 e. The molecular weight excluding hydrogens is 436 g/mol. The number of esters is 1. The fourth-order valence-corrected chi connectivity index (χ4v) is 4.55. The Morgan fingerprint density at radius 3 is 2.34 bits per heavy atom. The van der Waals surface area contributed by atoms with E-state index in [4.69, 9.17) is 13.9 Å². The van der Waals surface area contributed by atoms with Crippen LogP contribution < -0.4 is 9.47 Å². The molecule has 1 aromatic carbocycles. The number of ether oxygens (including phenoxy) is 3. The molecule has 0 aliphatic heterocycles. The van der Waals surface area contributed by atoms with Crippen LogP contribution in [0.15, 0.2) is 39.7 Å². The highest BCUT2D eigenvalue weighted by Gasteiger charge is 2.31. The molecule has 0 fully saturated rings. The lowest BCUT2D eigenvalue weighted by Gasteiger charge is -2.24. The van der Waals surface area contributed by atoms with E-state index in [2.05, 4.69) is 4.74 Å². The predicted molar refractivity (Wildman–Crippen MR) is 120 cm³/mol. The van der Waals surface area contributed by atoms with E-state index in [-0.39, 0.29) is 29.5 Å². The van der Waals surface area contributed by atoms with Crippen molar-refractivity contribution in [2.75, 3.05) is 48.5 Å². The maximum atomic E-state index is 13.8. The van der Waals surface area contributed by atoms with Crippen LogP contribution in [0.5, 0.6) is 11.5 Å². The summed E-state index contributed by atoms with van der Waals surface area (Å²) < 4.78 is 49.9. The van der Waals surface area contributed by atoms with E-state index in [1.54, 1.807) is 25.1 Å². The van der Waals surface area contributed by atoms with Crippen molar-refractivity contribution in [3.8, 4) is 11.5 Å². The van der Waals surface area contributed by atoms with E-state index in [1.807, 2.05) is 19.0 Å². The van der Waals surface area contributed by atoms with Crippen LogP contribution in [-0.2, 0) is 26.1 Å². The van der Waals surface area contributed by atoms with Gasteiger partial charge in [0, 0.05) is 19.2 Å². The summed E-state index contributed by atoms with van der Waals surface area (Å²) in [7, 11) is 3.74. The number of hydrogen-bond acceptors (Lipinski definition) is 8. The lowest BCUT2D eigenvalue weighted by molar-refractivity contribution is -0.134. The van der Waals surface area contributed by atoms with Gasteiger partial charge in [-0.1, -0.05) is 0 Å². The molecule has 2 rings (SSSR count). The molecule has 0 N–H and O–H groups in total. The van der Waals surface area contributed by atoms with E-state index < -0.39 is 16.0 Å². The molecule has 0 saturated carbocycles. The number of carbonyl (C=O) groups is 1. The van der Waals surface area contributed by atoms with E-state index in [0.717, 1.165) is 0 Å². The molecule has 0 aliphatic carbocycles. The van der Waals surface area contributed by atoms with Gasteiger partial charge in [0.15, 0.2) is 11.5 Å². The van der Waals surface area contributed by atoms with Gasteiger partial charge in [0.25, 0.3) is 0 Å². The highest BCUT2D eigenvalue weighted by atomic mass is 32.2. The molecule has 0 atom stereocenters. The smallest absolute Gasteiger partial charge is 0.330 e. The van der Waals surface area contributed by atoms with Gasteiger partial charge in [-0.3, -0.25) is 0 Å². The number of sulfonamides is 1. The zero-order valence-electron chi connectivity index (χ0n) is 19.2. The second kappa shape index (κ2) is 11.2. The molecule has 1 aromatic heterocycles. The topological polar surface area (TPSA) is 98.5 Å². The van der Waals surface area contributed by atoms with Crippen LogP contribution in [0, 0.1) is 6.92 Å². The fourth-order valence-electron chi connectivity index (χ4n) is 2.95. The van der Waals surface area contributed by atoms with Crippen molar-refractivity contribution in [3.63, 3.8) is 0 Å². The monoisotopic (exact) mass is 466 g/mol. The zero-order chi connectivity index (χ0) is 23.9. The van der Waals surface area contributed by atoms with E-state index in [9.17, 15) is 13.2 Å². The molecule has 0 spiro atoms. The SMILES string of the molecule is COC(=O)/C=C/c1cc(OC)c(OC)c(S(=O)(=O)N(CCN(C)C)Cc2ccc(C)o2)c1. The molecule has 0 amide bonds. The molecule has 9 nitrogen and oxygen atoms in total. The third kappa shape index (κ3) is 6.35. The molecule has 2 aromatic rings. The first kappa shape index (κ1) is 25.4. The number of furan rings is 1. The minimum Gasteiger partial charge on any atom is -0.493 e. The fraction of sp³-hybridized carbons (Fsp3) is 0.409. The number of hydrogen-bond donors (Lipinski definition) is 0. The predicted octanol–water partition coefficient (Wildman–Crippen LogP) is 2.54. The summed E-state index contributed by atoms with van der Waals surface area (Å²) in [6, 6.07) is 6.55. The lowest BCUT2D eigenvalue weighted by atomic mass is 10.2. The average molecular weight is 467 g/mol. The Bertz CT molecular complexity index is 1060. The number of carbonyl (C=O) groups excluding carboxylic acids is 1. The van der Waals surface area contributed by atoms with Gasteiger partial charge in [0.05, 0.1) is 27.9 Å². The molecule has 10 heteroatoms. The Morgan fingerprint density at radius 1 is 1.09 bits per heavy atom. The average Bonchev–Trinajstić information content (AvgIpc) is 3.18. The maximum absolute atomic E-state index is 13.8. The molecule has 32 heavy (non-hydrogen) atoms. The van der Waals surface area contributed by atoms with Crippen molar-refractivity contribution in [2.24, 2.45) is 0 Å². The molecule has 0 bridgehead atoms. The minimum atomic E-state index is -4.04. The first-order chi connectivity index (χ1) is 15.1. The molecule has 0 saturated heterocycles. The Balaban J connectivity index is 2.58. The van der Waals surface area contributed by atoms with Crippen LogP contribution in [0.1, 0.15) is 17.1 Å². The third-order valence-electron chi connectivity index (χ3n) is 4.62. The van der Waals surface area contributed by atoms with Crippen molar-refractivity contribution in [1.82, 2.24) is 9.21 Å². The largest absolute Gasteiger partial charge is 0.493 e. The van der Waals surface area contributed by atoms with Gasteiger partial charge < -0.3 is 23.5 Å². The first-order valence-electron chi connectivity index (χ1n) is 9.84. The van der Waals surface area contributed by atoms with Gasteiger partial charge in [-0.15, -0.1) is 0 Å².